The number of para-hydroxylation sites is 2. The topological polar surface area (TPSA) is 35.6 Å². The summed E-state index contributed by atoms with van der Waals surface area (Å²) in [6, 6.07) is 18.6. The van der Waals surface area contributed by atoms with Gasteiger partial charge in [-0.05, 0) is 30.5 Å². The number of nitrogens with one attached hydrogen (secondary N) is 1. The molecule has 2 aliphatic rings. The lowest BCUT2D eigenvalue weighted by Gasteiger charge is -2.38. The van der Waals surface area contributed by atoms with E-state index in [9.17, 15) is 4.79 Å². The Balaban J connectivity index is 1.59. The number of benzene rings is 2. The van der Waals surface area contributed by atoms with Crippen molar-refractivity contribution in [2.24, 2.45) is 0 Å². The molecule has 1 atom stereocenters. The SMILES string of the molecule is O=C(C1CN(Cc2ccccc2)c2ccccc2N1)N1CCCC1. The minimum absolute atomic E-state index is 0.165. The third-order valence-electron chi connectivity index (χ3n) is 4.91. The van der Waals surface area contributed by atoms with E-state index in [0.29, 0.717) is 6.54 Å². The third kappa shape index (κ3) is 2.96. The molecule has 2 heterocycles. The highest BCUT2D eigenvalue weighted by molar-refractivity contribution is 5.89. The highest BCUT2D eigenvalue weighted by Gasteiger charge is 2.32. The van der Waals surface area contributed by atoms with Gasteiger partial charge in [0.1, 0.15) is 6.04 Å². The van der Waals surface area contributed by atoms with Crippen LogP contribution in [0.1, 0.15) is 18.4 Å². The molecule has 24 heavy (non-hydrogen) atoms. The van der Waals surface area contributed by atoms with Crippen LogP contribution < -0.4 is 10.2 Å². The van der Waals surface area contributed by atoms with Gasteiger partial charge in [0.15, 0.2) is 0 Å². The molecule has 2 aliphatic heterocycles. The number of anilines is 2. The maximum absolute atomic E-state index is 12.8. The zero-order valence-corrected chi connectivity index (χ0v) is 13.8. The molecule has 4 rings (SSSR count). The van der Waals surface area contributed by atoms with Crippen molar-refractivity contribution >= 4 is 17.3 Å². The molecule has 1 fully saturated rings. The van der Waals surface area contributed by atoms with Crippen LogP contribution in [0.5, 0.6) is 0 Å². The second-order valence-corrected chi connectivity index (χ2v) is 6.61. The minimum Gasteiger partial charge on any atom is -0.371 e. The van der Waals surface area contributed by atoms with Gasteiger partial charge in [-0.3, -0.25) is 4.79 Å². The fraction of sp³-hybridized carbons (Fsp3) is 0.350. The third-order valence-corrected chi connectivity index (χ3v) is 4.91. The minimum atomic E-state index is -0.165. The van der Waals surface area contributed by atoms with E-state index in [-0.39, 0.29) is 11.9 Å². The molecular weight excluding hydrogens is 298 g/mol. The summed E-state index contributed by atoms with van der Waals surface area (Å²) in [4.78, 5) is 17.2. The summed E-state index contributed by atoms with van der Waals surface area (Å²) in [5.41, 5.74) is 3.49. The largest absolute Gasteiger partial charge is 0.371 e. The quantitative estimate of drug-likeness (QED) is 0.943. The summed E-state index contributed by atoms with van der Waals surface area (Å²) in [6.45, 7) is 3.33. The Bertz CT molecular complexity index is 710. The molecule has 0 spiro atoms. The normalized spacial score (nSPS) is 19.8. The monoisotopic (exact) mass is 321 g/mol. The van der Waals surface area contributed by atoms with Crippen LogP contribution in [-0.2, 0) is 11.3 Å². The molecule has 0 aliphatic carbocycles. The van der Waals surface area contributed by atoms with Gasteiger partial charge >= 0.3 is 0 Å². The summed E-state index contributed by atoms with van der Waals surface area (Å²) in [5.74, 6) is 0.236. The van der Waals surface area contributed by atoms with Crippen LogP contribution in [0.2, 0.25) is 0 Å². The molecule has 4 heteroatoms. The van der Waals surface area contributed by atoms with Crippen LogP contribution in [-0.4, -0.2) is 36.5 Å². The van der Waals surface area contributed by atoms with Gasteiger partial charge in [-0.25, -0.2) is 0 Å². The Morgan fingerprint density at radius 1 is 1.00 bits per heavy atom. The molecule has 0 bridgehead atoms. The Labute approximate surface area is 143 Å². The van der Waals surface area contributed by atoms with Crippen LogP contribution in [0, 0.1) is 0 Å². The molecule has 0 aromatic heterocycles. The second-order valence-electron chi connectivity index (χ2n) is 6.61. The van der Waals surface area contributed by atoms with Gasteiger partial charge in [0.2, 0.25) is 5.91 Å². The number of fused-ring (bicyclic) bond motifs is 1. The van der Waals surface area contributed by atoms with E-state index in [4.69, 9.17) is 0 Å². The fourth-order valence-corrected chi connectivity index (χ4v) is 3.67. The number of carbonyl (C=O) groups is 1. The molecule has 0 saturated carbocycles. The van der Waals surface area contributed by atoms with Crippen LogP contribution in [0.3, 0.4) is 0 Å². The predicted octanol–water partition coefficient (Wildman–Crippen LogP) is 3.11. The number of amides is 1. The Kier molecular flexibility index (Phi) is 4.11. The lowest BCUT2D eigenvalue weighted by molar-refractivity contribution is -0.130. The van der Waals surface area contributed by atoms with Gasteiger partial charge in [-0.15, -0.1) is 0 Å². The number of likely N-dealkylation sites (tertiary alicyclic amines) is 1. The molecule has 1 unspecified atom stereocenters. The van der Waals surface area contributed by atoms with Crippen molar-refractivity contribution in [3.05, 3.63) is 60.2 Å². The van der Waals surface area contributed by atoms with Gasteiger partial charge in [-0.1, -0.05) is 42.5 Å². The number of hydrogen-bond acceptors (Lipinski definition) is 3. The van der Waals surface area contributed by atoms with Gasteiger partial charge in [0.05, 0.1) is 11.4 Å². The van der Waals surface area contributed by atoms with Crippen molar-refractivity contribution < 1.29 is 4.79 Å². The van der Waals surface area contributed by atoms with Crippen LogP contribution in [0.15, 0.2) is 54.6 Å². The zero-order valence-electron chi connectivity index (χ0n) is 13.8. The molecule has 2 aromatic carbocycles. The van der Waals surface area contributed by atoms with Crippen molar-refractivity contribution in [2.75, 3.05) is 29.9 Å². The first kappa shape index (κ1) is 15.1. The van der Waals surface area contributed by atoms with Crippen molar-refractivity contribution in [3.63, 3.8) is 0 Å². The average molecular weight is 321 g/mol. The number of rotatable bonds is 3. The average Bonchev–Trinajstić information content (AvgIpc) is 3.16. The van der Waals surface area contributed by atoms with Crippen LogP contribution in [0.4, 0.5) is 11.4 Å². The van der Waals surface area contributed by atoms with Gasteiger partial charge in [0.25, 0.3) is 0 Å². The predicted molar refractivity (Wildman–Crippen MR) is 97.2 cm³/mol. The van der Waals surface area contributed by atoms with E-state index in [1.54, 1.807) is 0 Å². The molecule has 1 saturated heterocycles. The zero-order chi connectivity index (χ0) is 16.4. The second kappa shape index (κ2) is 6.56. The summed E-state index contributed by atoms with van der Waals surface area (Å²) < 4.78 is 0. The van der Waals surface area contributed by atoms with Crippen molar-refractivity contribution in [1.82, 2.24) is 4.90 Å². The van der Waals surface area contributed by atoms with Gasteiger partial charge in [-0.2, -0.15) is 0 Å². The van der Waals surface area contributed by atoms with Gasteiger partial charge < -0.3 is 15.1 Å². The first-order chi connectivity index (χ1) is 11.8. The van der Waals surface area contributed by atoms with Crippen molar-refractivity contribution in [3.8, 4) is 0 Å². The van der Waals surface area contributed by atoms with Gasteiger partial charge in [0, 0.05) is 26.2 Å². The fourth-order valence-electron chi connectivity index (χ4n) is 3.67. The van der Waals surface area contributed by atoms with E-state index < -0.39 is 0 Å². The Morgan fingerprint density at radius 2 is 1.71 bits per heavy atom. The first-order valence-electron chi connectivity index (χ1n) is 8.74. The highest BCUT2D eigenvalue weighted by Crippen LogP contribution is 2.32. The molecule has 1 N–H and O–H groups in total. The Hall–Kier alpha value is -2.49. The molecular formula is C20H23N3O. The maximum Gasteiger partial charge on any atom is 0.246 e. The van der Waals surface area contributed by atoms with E-state index in [2.05, 4.69) is 52.7 Å². The van der Waals surface area contributed by atoms with Crippen LogP contribution in [0.25, 0.3) is 0 Å². The number of nitrogens with zero attached hydrogens (tertiary/aromatic N) is 2. The Morgan fingerprint density at radius 3 is 2.50 bits per heavy atom. The summed E-state index contributed by atoms with van der Waals surface area (Å²) >= 11 is 0. The van der Waals surface area contributed by atoms with Crippen LogP contribution >= 0.6 is 0 Å². The van der Waals surface area contributed by atoms with Crippen molar-refractivity contribution in [2.45, 2.75) is 25.4 Å². The molecule has 0 radical (unpaired) electrons. The first-order valence-corrected chi connectivity index (χ1v) is 8.74. The smallest absolute Gasteiger partial charge is 0.246 e. The lowest BCUT2D eigenvalue weighted by atomic mass is 10.1. The number of carbonyl (C=O) groups excluding carboxylic acids is 1. The van der Waals surface area contributed by atoms with E-state index in [1.807, 2.05) is 17.0 Å². The molecule has 4 nitrogen and oxygen atoms in total. The summed E-state index contributed by atoms with van der Waals surface area (Å²) in [7, 11) is 0. The number of hydrogen-bond donors (Lipinski definition) is 1. The van der Waals surface area contributed by atoms with E-state index in [1.165, 1.54) is 11.3 Å². The molecule has 2 aromatic rings. The van der Waals surface area contributed by atoms with E-state index >= 15 is 0 Å². The van der Waals surface area contributed by atoms with E-state index in [0.717, 1.165) is 38.2 Å². The summed E-state index contributed by atoms with van der Waals surface area (Å²) in [5, 5.41) is 3.46. The molecule has 1 amide bonds. The maximum atomic E-state index is 12.8. The molecule has 124 valence electrons. The standard InChI is InChI=1S/C20H23N3O/c24-20(22-12-6-7-13-22)18-15-23(14-16-8-2-1-3-9-16)19-11-5-4-10-17(19)21-18/h1-5,8-11,18,21H,6-7,12-15H2. The highest BCUT2D eigenvalue weighted by atomic mass is 16.2. The summed E-state index contributed by atoms with van der Waals surface area (Å²) in [6.07, 6.45) is 2.26. The van der Waals surface area contributed by atoms with Crippen molar-refractivity contribution in [1.29, 1.82) is 0 Å². The lowest BCUT2D eigenvalue weighted by Crippen LogP contribution is -2.50.